The van der Waals surface area contributed by atoms with E-state index in [1.807, 2.05) is 13.8 Å². The molecular formula is C23H34N2O2+2. The molecule has 27 heavy (non-hydrogen) atoms. The zero-order valence-corrected chi connectivity index (χ0v) is 16.6. The lowest BCUT2D eigenvalue weighted by atomic mass is 9.96. The van der Waals surface area contributed by atoms with Gasteiger partial charge < -0.3 is 19.6 Å². The van der Waals surface area contributed by atoms with E-state index in [0.717, 1.165) is 32.7 Å². The molecule has 0 saturated carbocycles. The normalized spacial score (nSPS) is 21.5. The van der Waals surface area contributed by atoms with Crippen molar-refractivity contribution in [1.29, 1.82) is 0 Å². The van der Waals surface area contributed by atoms with Crippen LogP contribution in [-0.2, 0) is 4.74 Å². The minimum atomic E-state index is -0.372. The van der Waals surface area contributed by atoms with Crippen molar-refractivity contribution in [3.05, 3.63) is 71.8 Å². The molecule has 146 valence electrons. The fraction of sp³-hybridized carbons (Fsp3) is 0.478. The van der Waals surface area contributed by atoms with E-state index in [0.29, 0.717) is 12.6 Å². The highest BCUT2D eigenvalue weighted by molar-refractivity contribution is 5.29. The Hall–Kier alpha value is -1.72. The Morgan fingerprint density at radius 1 is 0.852 bits per heavy atom. The Morgan fingerprint density at radius 3 is 1.85 bits per heavy atom. The SMILES string of the molecule is CC(C)OC[C@@H](O)C[NH+]1CC[NH+](C(c2ccccc2)c2ccccc2)CC1. The second-order valence-electron chi connectivity index (χ2n) is 7.90. The molecule has 0 amide bonds. The van der Waals surface area contributed by atoms with E-state index in [2.05, 4.69) is 60.7 Å². The molecule has 2 aromatic carbocycles. The van der Waals surface area contributed by atoms with Crippen LogP contribution >= 0.6 is 0 Å². The Balaban J connectivity index is 1.62. The Labute approximate surface area is 163 Å². The third kappa shape index (κ3) is 5.88. The molecule has 1 saturated heterocycles. The second-order valence-corrected chi connectivity index (χ2v) is 7.90. The summed E-state index contributed by atoms with van der Waals surface area (Å²) in [5.41, 5.74) is 2.76. The molecule has 1 aliphatic rings. The number of aliphatic hydroxyl groups excluding tert-OH is 1. The summed E-state index contributed by atoms with van der Waals surface area (Å²) < 4.78 is 5.55. The summed E-state index contributed by atoms with van der Waals surface area (Å²) in [5, 5.41) is 10.2. The summed E-state index contributed by atoms with van der Waals surface area (Å²) in [4.78, 5) is 3.10. The van der Waals surface area contributed by atoms with E-state index >= 15 is 0 Å². The highest BCUT2D eigenvalue weighted by Gasteiger charge is 2.32. The summed E-state index contributed by atoms with van der Waals surface area (Å²) in [5.74, 6) is 0. The van der Waals surface area contributed by atoms with Gasteiger partial charge in [-0.3, -0.25) is 0 Å². The van der Waals surface area contributed by atoms with E-state index in [1.54, 1.807) is 4.90 Å². The van der Waals surface area contributed by atoms with Gasteiger partial charge in [0.15, 0.2) is 0 Å². The van der Waals surface area contributed by atoms with Gasteiger partial charge in [0.2, 0.25) is 0 Å². The number of hydrogen-bond donors (Lipinski definition) is 3. The maximum atomic E-state index is 10.2. The summed E-state index contributed by atoms with van der Waals surface area (Å²) in [6.45, 7) is 9.64. The Bertz CT molecular complexity index is 615. The molecule has 0 radical (unpaired) electrons. The summed E-state index contributed by atoms with van der Waals surface area (Å²) in [6.07, 6.45) is -0.198. The lowest BCUT2D eigenvalue weighted by molar-refractivity contribution is -1.02. The highest BCUT2D eigenvalue weighted by Crippen LogP contribution is 2.18. The van der Waals surface area contributed by atoms with Crippen LogP contribution in [0.5, 0.6) is 0 Å². The first kappa shape index (κ1) is 20.0. The standard InChI is InChI=1S/C23H32N2O2/c1-19(2)27-18-22(26)17-24-13-15-25(16-14-24)23(20-9-5-3-6-10-20)21-11-7-4-8-12-21/h3-12,19,22-23,26H,13-18H2,1-2H3/p+2/t22-/m0/s1. The number of piperazine rings is 1. The van der Waals surface area contributed by atoms with Crippen molar-refractivity contribution >= 4 is 0 Å². The highest BCUT2D eigenvalue weighted by atomic mass is 16.5. The van der Waals surface area contributed by atoms with Gasteiger partial charge in [0.05, 0.1) is 12.7 Å². The van der Waals surface area contributed by atoms with E-state index in [4.69, 9.17) is 4.74 Å². The molecule has 0 aromatic heterocycles. The minimum absolute atomic E-state index is 0.174. The van der Waals surface area contributed by atoms with Gasteiger partial charge in [0, 0.05) is 11.1 Å². The average molecular weight is 371 g/mol. The Kier molecular flexibility index (Phi) is 7.41. The topological polar surface area (TPSA) is 38.3 Å². The largest absolute Gasteiger partial charge is 0.385 e. The van der Waals surface area contributed by atoms with Crippen LogP contribution < -0.4 is 9.80 Å². The van der Waals surface area contributed by atoms with Crippen molar-refractivity contribution in [2.24, 2.45) is 0 Å². The molecule has 1 fully saturated rings. The fourth-order valence-corrected chi connectivity index (χ4v) is 4.07. The van der Waals surface area contributed by atoms with Crippen LogP contribution in [0.25, 0.3) is 0 Å². The lowest BCUT2D eigenvalue weighted by Crippen LogP contribution is -3.28. The molecule has 3 rings (SSSR count). The van der Waals surface area contributed by atoms with Gasteiger partial charge in [-0.15, -0.1) is 0 Å². The lowest BCUT2D eigenvalue weighted by Gasteiger charge is -2.35. The molecule has 0 spiro atoms. The monoisotopic (exact) mass is 370 g/mol. The number of ether oxygens (including phenoxy) is 1. The smallest absolute Gasteiger partial charge is 0.139 e. The van der Waals surface area contributed by atoms with E-state index in [9.17, 15) is 5.11 Å². The van der Waals surface area contributed by atoms with Gasteiger partial charge >= 0.3 is 0 Å². The van der Waals surface area contributed by atoms with E-state index < -0.39 is 0 Å². The van der Waals surface area contributed by atoms with Gasteiger partial charge in [-0.2, -0.15) is 0 Å². The van der Waals surface area contributed by atoms with Crippen molar-refractivity contribution in [2.45, 2.75) is 32.1 Å². The van der Waals surface area contributed by atoms with Gasteiger partial charge in [-0.25, -0.2) is 0 Å². The molecular weight excluding hydrogens is 336 g/mol. The van der Waals surface area contributed by atoms with E-state index in [1.165, 1.54) is 16.0 Å². The van der Waals surface area contributed by atoms with Crippen LogP contribution in [0.2, 0.25) is 0 Å². The molecule has 1 aliphatic heterocycles. The first-order chi connectivity index (χ1) is 13.1. The summed E-state index contributed by atoms with van der Waals surface area (Å²) >= 11 is 0. The van der Waals surface area contributed by atoms with Crippen LogP contribution in [-0.4, -0.2) is 56.6 Å². The third-order valence-electron chi connectivity index (χ3n) is 5.42. The molecule has 4 nitrogen and oxygen atoms in total. The zero-order valence-electron chi connectivity index (χ0n) is 16.6. The number of quaternary nitrogens is 2. The van der Waals surface area contributed by atoms with Crippen molar-refractivity contribution < 1.29 is 19.6 Å². The van der Waals surface area contributed by atoms with Crippen molar-refractivity contribution in [3.8, 4) is 0 Å². The van der Waals surface area contributed by atoms with Crippen molar-refractivity contribution in [2.75, 3.05) is 39.3 Å². The molecule has 2 aromatic rings. The van der Waals surface area contributed by atoms with Gasteiger partial charge in [-0.1, -0.05) is 60.7 Å². The van der Waals surface area contributed by atoms with Crippen LogP contribution in [0.3, 0.4) is 0 Å². The molecule has 1 heterocycles. The van der Waals surface area contributed by atoms with Gasteiger partial charge in [0.25, 0.3) is 0 Å². The molecule has 3 N–H and O–H groups in total. The fourth-order valence-electron chi connectivity index (χ4n) is 4.07. The maximum absolute atomic E-state index is 10.2. The predicted octanol–water partition coefficient (Wildman–Crippen LogP) is 0.345. The minimum Gasteiger partial charge on any atom is -0.385 e. The van der Waals surface area contributed by atoms with Crippen LogP contribution in [0, 0.1) is 0 Å². The summed E-state index contributed by atoms with van der Waals surface area (Å²) in [6, 6.07) is 22.1. The maximum Gasteiger partial charge on any atom is 0.139 e. The third-order valence-corrected chi connectivity index (χ3v) is 5.42. The molecule has 0 unspecified atom stereocenters. The van der Waals surface area contributed by atoms with Crippen LogP contribution in [0.15, 0.2) is 60.7 Å². The quantitative estimate of drug-likeness (QED) is 0.627. The molecule has 0 aliphatic carbocycles. The molecule has 1 atom stereocenters. The van der Waals surface area contributed by atoms with Crippen LogP contribution in [0.4, 0.5) is 0 Å². The first-order valence-electron chi connectivity index (χ1n) is 10.2. The number of nitrogens with one attached hydrogen (secondary N) is 2. The van der Waals surface area contributed by atoms with E-state index in [-0.39, 0.29) is 12.2 Å². The van der Waals surface area contributed by atoms with Crippen molar-refractivity contribution in [3.63, 3.8) is 0 Å². The molecule has 0 bridgehead atoms. The number of aliphatic hydroxyl groups is 1. The average Bonchev–Trinajstić information content (AvgIpc) is 2.70. The zero-order chi connectivity index (χ0) is 19.1. The molecule has 4 heteroatoms. The summed E-state index contributed by atoms with van der Waals surface area (Å²) in [7, 11) is 0. The Morgan fingerprint density at radius 2 is 1.37 bits per heavy atom. The number of benzene rings is 2. The van der Waals surface area contributed by atoms with Gasteiger partial charge in [-0.05, 0) is 13.8 Å². The number of hydrogen-bond acceptors (Lipinski definition) is 2. The first-order valence-corrected chi connectivity index (χ1v) is 10.2. The number of rotatable bonds is 8. The predicted molar refractivity (Wildman–Crippen MR) is 108 cm³/mol. The van der Waals surface area contributed by atoms with Crippen LogP contribution in [0.1, 0.15) is 31.0 Å². The van der Waals surface area contributed by atoms with Crippen molar-refractivity contribution in [1.82, 2.24) is 0 Å². The second kappa shape index (κ2) is 10.00. The van der Waals surface area contributed by atoms with Gasteiger partial charge in [0.1, 0.15) is 44.9 Å².